The van der Waals surface area contributed by atoms with E-state index >= 15 is 0 Å². The van der Waals surface area contributed by atoms with Crippen LogP contribution >= 0.6 is 0 Å². The highest BCUT2D eigenvalue weighted by atomic mass is 19.4. The summed E-state index contributed by atoms with van der Waals surface area (Å²) >= 11 is 0. The molecule has 9 heteroatoms. The number of piperidine rings is 1. The van der Waals surface area contributed by atoms with Crippen LogP contribution in [0.1, 0.15) is 24.1 Å². The smallest absolute Gasteiger partial charge is 0.433 e. The maximum Gasteiger partial charge on any atom is 0.433 e. The molecular formula is C14H18F3N3O3. The molecule has 0 spiro atoms. The molecule has 0 unspecified atom stereocenters. The molecule has 128 valence electrons. The summed E-state index contributed by atoms with van der Waals surface area (Å²) in [6, 6.07) is 2.14. The zero-order valence-corrected chi connectivity index (χ0v) is 12.3. The third-order valence-corrected chi connectivity index (χ3v) is 3.79. The average molecular weight is 333 g/mol. The van der Waals surface area contributed by atoms with Crippen LogP contribution in [-0.2, 0) is 12.7 Å². The van der Waals surface area contributed by atoms with Crippen LogP contribution < -0.4 is 10.5 Å². The van der Waals surface area contributed by atoms with Crippen molar-refractivity contribution in [1.82, 2.24) is 9.88 Å². The summed E-state index contributed by atoms with van der Waals surface area (Å²) in [5, 5.41) is 8.87. The Morgan fingerprint density at radius 1 is 1.39 bits per heavy atom. The van der Waals surface area contributed by atoms with Gasteiger partial charge in [0.25, 0.3) is 0 Å². The summed E-state index contributed by atoms with van der Waals surface area (Å²) in [5.41, 5.74) is 4.88. The Labute approximate surface area is 131 Å². The molecule has 1 fully saturated rings. The third-order valence-electron chi connectivity index (χ3n) is 3.79. The molecule has 0 aliphatic carbocycles. The molecule has 0 aromatic carbocycles. The van der Waals surface area contributed by atoms with Gasteiger partial charge in [-0.15, -0.1) is 0 Å². The number of halogens is 3. The van der Waals surface area contributed by atoms with Crippen molar-refractivity contribution < 1.29 is 27.8 Å². The molecule has 1 aliphatic rings. The highest BCUT2D eigenvalue weighted by Gasteiger charge is 2.33. The molecule has 0 saturated carbocycles. The van der Waals surface area contributed by atoms with Gasteiger partial charge in [0.05, 0.1) is 6.61 Å². The van der Waals surface area contributed by atoms with Crippen molar-refractivity contribution in [3.05, 3.63) is 23.4 Å². The van der Waals surface area contributed by atoms with Crippen molar-refractivity contribution in [1.29, 1.82) is 0 Å². The van der Waals surface area contributed by atoms with Gasteiger partial charge in [-0.1, -0.05) is 6.07 Å². The fraction of sp³-hybridized carbons (Fsp3) is 0.571. The Balaban J connectivity index is 1.98. The van der Waals surface area contributed by atoms with Crippen molar-refractivity contribution >= 4 is 6.09 Å². The number of likely N-dealkylation sites (tertiary alicyclic amines) is 1. The number of hydrogen-bond donors (Lipinski definition) is 2. The second kappa shape index (κ2) is 7.03. The van der Waals surface area contributed by atoms with Crippen LogP contribution in [0.15, 0.2) is 12.1 Å². The van der Waals surface area contributed by atoms with Gasteiger partial charge in [0.2, 0.25) is 5.88 Å². The Bertz CT molecular complexity index is 558. The summed E-state index contributed by atoms with van der Waals surface area (Å²) in [4.78, 5) is 15.6. The molecule has 0 radical (unpaired) electrons. The third kappa shape index (κ3) is 4.47. The predicted octanol–water partition coefficient (Wildman–Crippen LogP) is 2.33. The number of nitrogens with two attached hydrogens (primary N) is 1. The van der Waals surface area contributed by atoms with E-state index in [9.17, 15) is 18.0 Å². The lowest BCUT2D eigenvalue weighted by molar-refractivity contribution is -0.141. The quantitative estimate of drug-likeness (QED) is 0.883. The van der Waals surface area contributed by atoms with Gasteiger partial charge in [0, 0.05) is 25.2 Å². The van der Waals surface area contributed by atoms with Gasteiger partial charge >= 0.3 is 12.3 Å². The molecule has 23 heavy (non-hydrogen) atoms. The summed E-state index contributed by atoms with van der Waals surface area (Å²) in [5.74, 6) is -0.0319. The van der Waals surface area contributed by atoms with Crippen LogP contribution in [0.4, 0.5) is 18.0 Å². The Morgan fingerprint density at radius 3 is 2.57 bits per heavy atom. The minimum absolute atomic E-state index is 0.0257. The minimum Gasteiger partial charge on any atom is -0.477 e. The average Bonchev–Trinajstić information content (AvgIpc) is 2.52. The topological polar surface area (TPSA) is 88.7 Å². The molecule has 1 amide bonds. The summed E-state index contributed by atoms with van der Waals surface area (Å²) < 4.78 is 43.6. The molecule has 0 bridgehead atoms. The first-order valence-electron chi connectivity index (χ1n) is 7.19. The fourth-order valence-corrected chi connectivity index (χ4v) is 2.40. The largest absolute Gasteiger partial charge is 0.477 e. The van der Waals surface area contributed by atoms with E-state index in [1.54, 1.807) is 0 Å². The molecule has 6 nitrogen and oxygen atoms in total. The zero-order chi connectivity index (χ0) is 17.0. The highest BCUT2D eigenvalue weighted by Crippen LogP contribution is 2.30. The van der Waals surface area contributed by atoms with Gasteiger partial charge in [-0.05, 0) is 24.8 Å². The van der Waals surface area contributed by atoms with Crippen molar-refractivity contribution in [3.8, 4) is 5.88 Å². The molecule has 0 atom stereocenters. The van der Waals surface area contributed by atoms with E-state index in [-0.39, 0.29) is 24.9 Å². The lowest BCUT2D eigenvalue weighted by Crippen LogP contribution is -2.38. The van der Waals surface area contributed by atoms with Crippen LogP contribution in [0.25, 0.3) is 0 Å². The molecule has 1 aliphatic heterocycles. The first-order chi connectivity index (χ1) is 10.8. The molecule has 2 heterocycles. The normalized spacial score (nSPS) is 16.4. The SMILES string of the molecule is NCc1ccc(C(F)(F)F)nc1OCC1CCN(C(=O)O)CC1. The molecule has 1 saturated heterocycles. The van der Waals surface area contributed by atoms with E-state index in [4.69, 9.17) is 15.6 Å². The van der Waals surface area contributed by atoms with Crippen LogP contribution in [-0.4, -0.2) is 40.8 Å². The van der Waals surface area contributed by atoms with Gasteiger partial charge < -0.3 is 20.5 Å². The van der Waals surface area contributed by atoms with Gasteiger partial charge in [0.15, 0.2) is 0 Å². The number of carboxylic acid groups (broad SMARTS) is 1. The van der Waals surface area contributed by atoms with Crippen molar-refractivity contribution in [3.63, 3.8) is 0 Å². The summed E-state index contributed by atoms with van der Waals surface area (Å²) in [7, 11) is 0. The number of nitrogens with zero attached hydrogens (tertiary/aromatic N) is 2. The summed E-state index contributed by atoms with van der Waals surface area (Å²) in [6.07, 6.45) is -4.31. The van der Waals surface area contributed by atoms with Crippen molar-refractivity contribution in [2.75, 3.05) is 19.7 Å². The monoisotopic (exact) mass is 333 g/mol. The van der Waals surface area contributed by atoms with E-state index < -0.39 is 18.0 Å². The van der Waals surface area contributed by atoms with E-state index in [2.05, 4.69) is 4.98 Å². The highest BCUT2D eigenvalue weighted by molar-refractivity contribution is 5.64. The number of hydrogen-bond acceptors (Lipinski definition) is 4. The lowest BCUT2D eigenvalue weighted by Gasteiger charge is -2.29. The predicted molar refractivity (Wildman–Crippen MR) is 74.9 cm³/mol. The number of pyridine rings is 1. The molecule has 3 N–H and O–H groups in total. The Kier molecular flexibility index (Phi) is 5.30. The number of aromatic nitrogens is 1. The number of alkyl halides is 3. The molecule has 2 rings (SSSR count). The van der Waals surface area contributed by atoms with Crippen LogP contribution in [0.2, 0.25) is 0 Å². The van der Waals surface area contributed by atoms with Crippen LogP contribution in [0.3, 0.4) is 0 Å². The number of amides is 1. The van der Waals surface area contributed by atoms with Crippen LogP contribution in [0.5, 0.6) is 5.88 Å². The van der Waals surface area contributed by atoms with Crippen molar-refractivity contribution in [2.24, 2.45) is 11.7 Å². The lowest BCUT2D eigenvalue weighted by atomic mass is 9.98. The van der Waals surface area contributed by atoms with E-state index in [1.807, 2.05) is 0 Å². The Hall–Kier alpha value is -2.03. The minimum atomic E-state index is -4.54. The second-order valence-corrected chi connectivity index (χ2v) is 5.39. The molecular weight excluding hydrogens is 315 g/mol. The number of rotatable bonds is 4. The number of carbonyl (C=O) groups is 1. The standard InChI is InChI=1S/C14H18F3N3O3/c15-14(16,17)11-2-1-10(7-18)12(19-11)23-8-9-3-5-20(6-4-9)13(21)22/h1-2,9H,3-8,18H2,(H,21,22). The molecule has 1 aromatic rings. The zero-order valence-electron chi connectivity index (χ0n) is 12.3. The van der Waals surface area contributed by atoms with E-state index in [0.717, 1.165) is 6.07 Å². The summed E-state index contributed by atoms with van der Waals surface area (Å²) in [6.45, 7) is 0.999. The van der Waals surface area contributed by atoms with Gasteiger partial charge in [-0.25, -0.2) is 9.78 Å². The number of ether oxygens (including phenoxy) is 1. The first-order valence-corrected chi connectivity index (χ1v) is 7.19. The van der Waals surface area contributed by atoms with E-state index in [0.29, 0.717) is 31.5 Å². The maximum absolute atomic E-state index is 12.7. The second-order valence-electron chi connectivity index (χ2n) is 5.39. The van der Waals surface area contributed by atoms with Crippen LogP contribution in [0, 0.1) is 5.92 Å². The fourth-order valence-electron chi connectivity index (χ4n) is 2.40. The maximum atomic E-state index is 12.7. The van der Waals surface area contributed by atoms with E-state index in [1.165, 1.54) is 11.0 Å². The van der Waals surface area contributed by atoms with Gasteiger partial charge in [-0.2, -0.15) is 13.2 Å². The first kappa shape index (κ1) is 17.3. The Morgan fingerprint density at radius 2 is 2.04 bits per heavy atom. The van der Waals surface area contributed by atoms with Gasteiger partial charge in [0.1, 0.15) is 5.69 Å². The molecule has 1 aromatic heterocycles. The van der Waals surface area contributed by atoms with Crippen molar-refractivity contribution in [2.45, 2.75) is 25.6 Å². The van der Waals surface area contributed by atoms with Gasteiger partial charge in [-0.3, -0.25) is 0 Å².